The third-order valence-electron chi connectivity index (χ3n) is 2.16. The Morgan fingerprint density at radius 2 is 2.12 bits per heavy atom. The quantitative estimate of drug-likeness (QED) is 0.775. The van der Waals surface area contributed by atoms with Crippen molar-refractivity contribution in [3.05, 3.63) is 0 Å². The van der Waals surface area contributed by atoms with Gasteiger partial charge in [0.15, 0.2) is 0 Å². The molecule has 2 rings (SSSR count). The molecule has 7 nitrogen and oxygen atoms in total. The average molecular weight is 264 g/mol. The number of nitrogens with two attached hydrogens (primary N) is 1. The predicted octanol–water partition coefficient (Wildman–Crippen LogP) is -0.469. The molecule has 1 aliphatic heterocycles. The predicted molar refractivity (Wildman–Crippen MR) is 58.5 cm³/mol. The SMILES string of the molecule is Nc1nnc(S(=O)(=O)N2CCCOCC2)s1. The molecule has 1 fully saturated rings. The van der Waals surface area contributed by atoms with Crippen LogP contribution in [0.5, 0.6) is 0 Å². The molecule has 0 unspecified atom stereocenters. The van der Waals surface area contributed by atoms with E-state index in [1.54, 1.807) is 0 Å². The van der Waals surface area contributed by atoms with E-state index in [4.69, 9.17) is 10.5 Å². The van der Waals surface area contributed by atoms with E-state index in [-0.39, 0.29) is 9.47 Å². The number of nitrogens with zero attached hydrogens (tertiary/aromatic N) is 3. The third kappa shape index (κ3) is 2.32. The molecule has 1 saturated heterocycles. The van der Waals surface area contributed by atoms with Crippen molar-refractivity contribution in [3.63, 3.8) is 0 Å². The highest BCUT2D eigenvalue weighted by atomic mass is 32.2. The summed E-state index contributed by atoms with van der Waals surface area (Å²) in [6.45, 7) is 1.79. The second kappa shape index (κ2) is 4.62. The molecule has 16 heavy (non-hydrogen) atoms. The molecule has 1 aromatic heterocycles. The van der Waals surface area contributed by atoms with E-state index in [1.807, 2.05) is 0 Å². The molecule has 1 aromatic rings. The van der Waals surface area contributed by atoms with Gasteiger partial charge in [-0.15, -0.1) is 10.2 Å². The lowest BCUT2D eigenvalue weighted by Gasteiger charge is -2.16. The minimum absolute atomic E-state index is 0.0492. The molecule has 0 amide bonds. The largest absolute Gasteiger partial charge is 0.380 e. The monoisotopic (exact) mass is 264 g/mol. The van der Waals surface area contributed by atoms with Gasteiger partial charge >= 0.3 is 0 Å². The molecule has 0 aliphatic carbocycles. The van der Waals surface area contributed by atoms with Crippen LogP contribution in [0.4, 0.5) is 5.13 Å². The highest BCUT2D eigenvalue weighted by molar-refractivity contribution is 7.91. The molecule has 0 spiro atoms. The fourth-order valence-corrected chi connectivity index (χ4v) is 3.78. The van der Waals surface area contributed by atoms with Crippen molar-refractivity contribution >= 4 is 26.5 Å². The molecule has 0 bridgehead atoms. The van der Waals surface area contributed by atoms with E-state index < -0.39 is 10.0 Å². The van der Waals surface area contributed by atoms with Crippen LogP contribution in [0, 0.1) is 0 Å². The van der Waals surface area contributed by atoms with Crippen LogP contribution in [0.15, 0.2) is 4.34 Å². The first-order chi connectivity index (χ1) is 7.60. The van der Waals surface area contributed by atoms with Gasteiger partial charge in [0.25, 0.3) is 10.0 Å². The zero-order valence-electron chi connectivity index (χ0n) is 8.50. The Morgan fingerprint density at radius 1 is 1.31 bits per heavy atom. The molecule has 2 heterocycles. The van der Waals surface area contributed by atoms with Crippen molar-refractivity contribution in [3.8, 4) is 0 Å². The number of ether oxygens (including phenoxy) is 1. The lowest BCUT2D eigenvalue weighted by atomic mass is 10.5. The van der Waals surface area contributed by atoms with Crippen molar-refractivity contribution in [2.45, 2.75) is 10.8 Å². The summed E-state index contributed by atoms with van der Waals surface area (Å²) in [4.78, 5) is 0. The van der Waals surface area contributed by atoms with Crippen LogP contribution in [0.2, 0.25) is 0 Å². The Labute approximate surface area is 97.3 Å². The molecule has 0 aromatic carbocycles. The van der Waals surface area contributed by atoms with Gasteiger partial charge in [0.2, 0.25) is 9.47 Å². The molecule has 2 N–H and O–H groups in total. The lowest BCUT2D eigenvalue weighted by molar-refractivity contribution is 0.148. The van der Waals surface area contributed by atoms with Crippen molar-refractivity contribution < 1.29 is 13.2 Å². The second-order valence-electron chi connectivity index (χ2n) is 3.28. The van der Waals surface area contributed by atoms with Crippen LogP contribution in [0.3, 0.4) is 0 Å². The van der Waals surface area contributed by atoms with Crippen LogP contribution in [-0.2, 0) is 14.8 Å². The fraction of sp³-hybridized carbons (Fsp3) is 0.714. The molecule has 0 radical (unpaired) electrons. The molecule has 0 atom stereocenters. The van der Waals surface area contributed by atoms with Crippen LogP contribution in [0.25, 0.3) is 0 Å². The Bertz CT molecular complexity index is 450. The van der Waals surface area contributed by atoms with E-state index in [2.05, 4.69) is 10.2 Å². The average Bonchev–Trinajstić information content (AvgIpc) is 2.54. The van der Waals surface area contributed by atoms with Crippen molar-refractivity contribution in [2.75, 3.05) is 32.0 Å². The number of nitrogen functional groups attached to an aromatic ring is 1. The summed E-state index contributed by atoms with van der Waals surface area (Å²) < 4.78 is 30.7. The van der Waals surface area contributed by atoms with E-state index in [9.17, 15) is 8.42 Å². The van der Waals surface area contributed by atoms with Gasteiger partial charge in [0.1, 0.15) is 0 Å². The maximum atomic E-state index is 12.1. The molecule has 1 aliphatic rings. The van der Waals surface area contributed by atoms with Gasteiger partial charge in [-0.2, -0.15) is 4.31 Å². The Balaban J connectivity index is 2.23. The highest BCUT2D eigenvalue weighted by Crippen LogP contribution is 2.21. The van der Waals surface area contributed by atoms with Gasteiger partial charge in [-0.3, -0.25) is 0 Å². The smallest absolute Gasteiger partial charge is 0.272 e. The summed E-state index contributed by atoms with van der Waals surface area (Å²) in [6, 6.07) is 0. The maximum absolute atomic E-state index is 12.1. The van der Waals surface area contributed by atoms with Crippen LogP contribution < -0.4 is 5.73 Å². The number of rotatable bonds is 2. The van der Waals surface area contributed by atoms with Crippen LogP contribution in [-0.4, -0.2) is 49.2 Å². The number of anilines is 1. The third-order valence-corrected chi connectivity index (χ3v) is 5.16. The summed E-state index contributed by atoms with van der Waals surface area (Å²) >= 11 is 0.880. The Hall–Kier alpha value is -0.770. The first kappa shape index (κ1) is 11.7. The Morgan fingerprint density at radius 3 is 2.81 bits per heavy atom. The van der Waals surface area contributed by atoms with E-state index >= 15 is 0 Å². The van der Waals surface area contributed by atoms with Gasteiger partial charge < -0.3 is 10.5 Å². The van der Waals surface area contributed by atoms with Crippen molar-refractivity contribution in [1.82, 2.24) is 14.5 Å². The standard InChI is InChI=1S/C7H12N4O3S2/c8-6-9-10-7(15-6)16(12,13)11-2-1-4-14-5-3-11/h1-5H2,(H2,8,9). The van der Waals surface area contributed by atoms with Crippen molar-refractivity contribution in [2.24, 2.45) is 0 Å². The summed E-state index contributed by atoms with van der Waals surface area (Å²) in [5.74, 6) is 0. The zero-order chi connectivity index (χ0) is 11.6. The van der Waals surface area contributed by atoms with Crippen molar-refractivity contribution in [1.29, 1.82) is 0 Å². The molecule has 9 heteroatoms. The number of aromatic nitrogens is 2. The first-order valence-electron chi connectivity index (χ1n) is 4.77. The van der Waals surface area contributed by atoms with E-state index in [0.29, 0.717) is 32.7 Å². The second-order valence-corrected chi connectivity index (χ2v) is 6.40. The fourth-order valence-electron chi connectivity index (χ4n) is 1.40. The van der Waals surface area contributed by atoms with Gasteiger partial charge in [0, 0.05) is 19.7 Å². The number of hydrogen-bond acceptors (Lipinski definition) is 7. The number of sulfonamides is 1. The highest BCUT2D eigenvalue weighted by Gasteiger charge is 2.28. The van der Waals surface area contributed by atoms with Gasteiger partial charge in [-0.05, 0) is 6.42 Å². The summed E-state index contributed by atoms with van der Waals surface area (Å²) in [5.41, 5.74) is 5.37. The summed E-state index contributed by atoms with van der Waals surface area (Å²) in [6.07, 6.45) is 0.688. The summed E-state index contributed by atoms with van der Waals surface area (Å²) in [5, 5.41) is 7.23. The van der Waals surface area contributed by atoms with Crippen LogP contribution >= 0.6 is 11.3 Å². The molecule has 90 valence electrons. The molecule has 0 saturated carbocycles. The first-order valence-corrected chi connectivity index (χ1v) is 7.03. The summed E-state index contributed by atoms with van der Waals surface area (Å²) in [7, 11) is -3.55. The molecular weight excluding hydrogens is 252 g/mol. The lowest BCUT2D eigenvalue weighted by Crippen LogP contribution is -2.33. The maximum Gasteiger partial charge on any atom is 0.272 e. The van der Waals surface area contributed by atoms with E-state index in [1.165, 1.54) is 4.31 Å². The zero-order valence-corrected chi connectivity index (χ0v) is 10.1. The van der Waals surface area contributed by atoms with E-state index in [0.717, 1.165) is 11.3 Å². The molecular formula is C7H12N4O3S2. The van der Waals surface area contributed by atoms with Gasteiger partial charge in [0.05, 0.1) is 6.61 Å². The topological polar surface area (TPSA) is 98.4 Å². The minimum atomic E-state index is -3.55. The minimum Gasteiger partial charge on any atom is -0.380 e. The normalized spacial score (nSPS) is 19.5. The Kier molecular flexibility index (Phi) is 3.38. The van der Waals surface area contributed by atoms with Gasteiger partial charge in [-0.25, -0.2) is 8.42 Å². The van der Waals surface area contributed by atoms with Crippen LogP contribution in [0.1, 0.15) is 6.42 Å². The van der Waals surface area contributed by atoms with Gasteiger partial charge in [-0.1, -0.05) is 11.3 Å². The number of hydrogen-bond donors (Lipinski definition) is 1.